The first-order valence-electron chi connectivity index (χ1n) is 6.39. The number of rotatable bonds is 2. The molecule has 0 spiro atoms. The van der Waals surface area contributed by atoms with Crippen molar-refractivity contribution in [2.75, 3.05) is 7.11 Å². The molecule has 0 atom stereocenters. The van der Waals surface area contributed by atoms with Crippen molar-refractivity contribution in [1.82, 2.24) is 0 Å². The van der Waals surface area contributed by atoms with Gasteiger partial charge in [-0.25, -0.2) is 4.42 Å². The summed E-state index contributed by atoms with van der Waals surface area (Å²) < 4.78 is 10.8. The second kappa shape index (κ2) is 5.00. The monoisotopic (exact) mass is 301 g/mol. The fourth-order valence-electron chi connectivity index (χ4n) is 2.22. The van der Waals surface area contributed by atoms with E-state index in [2.05, 4.69) is 0 Å². The van der Waals surface area contributed by atoms with E-state index in [1.165, 1.54) is 43.5 Å². The van der Waals surface area contributed by atoms with Crippen molar-refractivity contribution in [3.8, 4) is 40.1 Å². The Balaban J connectivity index is 2.26. The van der Waals surface area contributed by atoms with Gasteiger partial charge in [0, 0.05) is 18.2 Å². The van der Waals surface area contributed by atoms with Crippen molar-refractivity contribution in [3.05, 3.63) is 36.4 Å². The van der Waals surface area contributed by atoms with E-state index < -0.39 is 0 Å². The van der Waals surface area contributed by atoms with Crippen LogP contribution in [0.25, 0.3) is 22.3 Å². The van der Waals surface area contributed by atoms with Gasteiger partial charge in [0.05, 0.1) is 18.7 Å². The zero-order valence-corrected chi connectivity index (χ0v) is 11.6. The number of hydrogen-bond acceptors (Lipinski definition) is 5. The van der Waals surface area contributed by atoms with Crippen molar-refractivity contribution in [1.29, 1.82) is 0 Å². The number of fused-ring (bicyclic) bond motifs is 1. The summed E-state index contributed by atoms with van der Waals surface area (Å²) in [5.74, 6) is -0.367. The molecule has 3 aromatic rings. The van der Waals surface area contributed by atoms with E-state index in [9.17, 15) is 20.4 Å². The molecule has 3 rings (SSSR count). The first-order valence-corrected chi connectivity index (χ1v) is 6.39. The molecule has 0 unspecified atom stereocenters. The molecule has 6 nitrogen and oxygen atoms in total. The highest BCUT2D eigenvalue weighted by Crippen LogP contribution is 2.40. The zero-order valence-electron chi connectivity index (χ0n) is 11.6. The molecule has 0 aliphatic heterocycles. The van der Waals surface area contributed by atoms with Crippen molar-refractivity contribution in [2.24, 2.45) is 0 Å². The van der Waals surface area contributed by atoms with Crippen LogP contribution in [-0.2, 0) is 0 Å². The van der Waals surface area contributed by atoms with Crippen LogP contribution in [0.3, 0.4) is 0 Å². The molecule has 1 aromatic heterocycles. The Morgan fingerprint density at radius 2 is 1.64 bits per heavy atom. The van der Waals surface area contributed by atoms with Crippen LogP contribution in [0.1, 0.15) is 0 Å². The molecule has 1 heterocycles. The first-order chi connectivity index (χ1) is 10.5. The van der Waals surface area contributed by atoms with E-state index in [4.69, 9.17) is 9.15 Å². The summed E-state index contributed by atoms with van der Waals surface area (Å²) in [4.78, 5) is 0. The fourth-order valence-corrected chi connectivity index (χ4v) is 2.22. The van der Waals surface area contributed by atoms with Gasteiger partial charge >= 0.3 is 11.3 Å². The van der Waals surface area contributed by atoms with Crippen LogP contribution < -0.4 is 4.74 Å². The van der Waals surface area contributed by atoms with Gasteiger partial charge in [-0.1, -0.05) is 0 Å². The molecule has 0 bridgehead atoms. The van der Waals surface area contributed by atoms with Gasteiger partial charge in [0.15, 0.2) is 11.5 Å². The second-order valence-electron chi connectivity index (χ2n) is 4.72. The molecule has 6 heteroatoms. The molecule has 112 valence electrons. The summed E-state index contributed by atoms with van der Waals surface area (Å²) in [7, 11) is 1.44. The van der Waals surface area contributed by atoms with Crippen molar-refractivity contribution in [2.45, 2.75) is 0 Å². The summed E-state index contributed by atoms with van der Waals surface area (Å²) in [6.45, 7) is 0. The molecule has 0 saturated heterocycles. The van der Waals surface area contributed by atoms with Crippen molar-refractivity contribution >= 4 is 11.0 Å². The quantitative estimate of drug-likeness (QED) is 0.428. The van der Waals surface area contributed by atoms with Crippen molar-refractivity contribution < 1.29 is 29.6 Å². The van der Waals surface area contributed by atoms with Crippen LogP contribution >= 0.6 is 0 Å². The standard InChI is InChI=1S/C16H12O6/c1-21-14-5-9(17)6-15-10(14)7-13(20)16(22-15)8-2-3-11(18)12(19)4-8/h2-7H,1H3,(H3-,17,18,19,20)/p+1. The van der Waals surface area contributed by atoms with Gasteiger partial charge in [-0.15, -0.1) is 0 Å². The Morgan fingerprint density at radius 1 is 0.864 bits per heavy atom. The molecule has 0 aliphatic carbocycles. The molecule has 0 radical (unpaired) electrons. The predicted molar refractivity (Wildman–Crippen MR) is 79.3 cm³/mol. The van der Waals surface area contributed by atoms with E-state index in [0.717, 1.165) is 0 Å². The minimum Gasteiger partial charge on any atom is -0.507 e. The number of hydrogen-bond donors (Lipinski definition) is 4. The van der Waals surface area contributed by atoms with Gasteiger partial charge in [-0.05, 0) is 12.1 Å². The third-order valence-corrected chi connectivity index (χ3v) is 3.27. The Bertz CT molecular complexity index is 872. The van der Waals surface area contributed by atoms with E-state index in [1.807, 2.05) is 0 Å². The third-order valence-electron chi connectivity index (χ3n) is 3.27. The number of aromatic hydroxyl groups is 4. The van der Waals surface area contributed by atoms with Crippen LogP contribution in [-0.4, -0.2) is 27.5 Å². The maximum absolute atomic E-state index is 10.2. The Hall–Kier alpha value is -3.15. The van der Waals surface area contributed by atoms with Gasteiger partial charge in [-0.2, -0.15) is 0 Å². The fraction of sp³-hybridized carbons (Fsp3) is 0.0625. The van der Waals surface area contributed by atoms with Crippen LogP contribution in [0.2, 0.25) is 0 Å². The minimum atomic E-state index is -0.333. The average molecular weight is 301 g/mol. The molecular formula is C16H13O6+. The van der Waals surface area contributed by atoms with Gasteiger partial charge in [0.2, 0.25) is 5.75 Å². The van der Waals surface area contributed by atoms with Crippen LogP contribution in [0, 0.1) is 0 Å². The Labute approximate surface area is 125 Å². The molecule has 0 fully saturated rings. The van der Waals surface area contributed by atoms with Crippen LogP contribution in [0.4, 0.5) is 0 Å². The van der Waals surface area contributed by atoms with E-state index >= 15 is 0 Å². The number of ether oxygens (including phenoxy) is 1. The third kappa shape index (κ3) is 2.20. The topological polar surface area (TPSA) is 101 Å². The van der Waals surface area contributed by atoms with Gasteiger partial charge < -0.3 is 25.2 Å². The highest BCUT2D eigenvalue weighted by molar-refractivity contribution is 5.88. The Morgan fingerprint density at radius 3 is 2.32 bits per heavy atom. The molecule has 0 saturated carbocycles. The largest absolute Gasteiger partial charge is 0.507 e. The molecule has 0 aliphatic rings. The lowest BCUT2D eigenvalue weighted by Gasteiger charge is -2.03. The normalized spacial score (nSPS) is 10.8. The maximum atomic E-state index is 10.2. The van der Waals surface area contributed by atoms with Crippen molar-refractivity contribution in [3.63, 3.8) is 0 Å². The summed E-state index contributed by atoms with van der Waals surface area (Å²) in [6.07, 6.45) is 0. The summed E-state index contributed by atoms with van der Waals surface area (Å²) >= 11 is 0. The maximum Gasteiger partial charge on any atom is 0.402 e. The summed E-state index contributed by atoms with van der Waals surface area (Å²) in [6, 6.07) is 8.27. The summed E-state index contributed by atoms with van der Waals surface area (Å²) in [5.41, 5.74) is 0.675. The number of phenols is 3. The number of phenolic OH excluding ortho intramolecular Hbond substituents is 3. The smallest absolute Gasteiger partial charge is 0.402 e. The lowest BCUT2D eigenvalue weighted by Crippen LogP contribution is -1.87. The van der Waals surface area contributed by atoms with Gasteiger partial charge in [0.1, 0.15) is 16.9 Å². The minimum absolute atomic E-state index is 0.0432. The highest BCUT2D eigenvalue weighted by atomic mass is 16.5. The predicted octanol–water partition coefficient (Wildman–Crippen LogP) is 3.21. The van der Waals surface area contributed by atoms with E-state index in [1.54, 1.807) is 0 Å². The second-order valence-corrected chi connectivity index (χ2v) is 4.72. The van der Waals surface area contributed by atoms with Gasteiger partial charge in [-0.3, -0.25) is 0 Å². The molecule has 0 amide bonds. The molecular weight excluding hydrogens is 288 g/mol. The summed E-state index contributed by atoms with van der Waals surface area (Å²) in [5, 5.41) is 39.2. The van der Waals surface area contributed by atoms with E-state index in [-0.39, 0.29) is 28.8 Å². The lowest BCUT2D eigenvalue weighted by atomic mass is 10.1. The number of methoxy groups -OCH3 is 1. The highest BCUT2D eigenvalue weighted by Gasteiger charge is 2.24. The zero-order chi connectivity index (χ0) is 15.9. The first kappa shape index (κ1) is 13.8. The molecule has 22 heavy (non-hydrogen) atoms. The number of benzene rings is 2. The van der Waals surface area contributed by atoms with Gasteiger partial charge in [0.25, 0.3) is 0 Å². The average Bonchev–Trinajstić information content (AvgIpc) is 2.49. The molecule has 2 aromatic carbocycles. The molecule has 4 N–H and O–H groups in total. The lowest BCUT2D eigenvalue weighted by molar-refractivity contribution is 0.403. The Kier molecular flexibility index (Phi) is 3.14. The van der Waals surface area contributed by atoms with Crippen LogP contribution in [0.5, 0.6) is 28.7 Å². The SMILES string of the molecule is COc1cc(O)cc2[o+]c(-c3ccc(O)c(O)c3)c(O)cc12. The van der Waals surface area contributed by atoms with E-state index in [0.29, 0.717) is 22.3 Å². The van der Waals surface area contributed by atoms with Crippen LogP contribution in [0.15, 0.2) is 40.8 Å².